The standard InChI is InChI=1S/C36H37F2N5O2/c1-2-27-31(38)7-4-21-14-26(44)15-32(33(21)27)42-11-8-28-30(19-42)29(17-39)35(41-34(28)22-12-24-5-6-25(13-22)40-24)45-20-36-9-3-10-43(36)18-23(37)16-36/h1,4,7,14-15,22-25,40,44H,3,5-6,8-13,16,18-20H2/t22?,23-,24?,25?,36?/m0/s1. The summed E-state index contributed by atoms with van der Waals surface area (Å²) in [5, 5.41) is 26.2. The minimum absolute atomic E-state index is 0.0612. The quantitative estimate of drug-likeness (QED) is 0.373. The van der Waals surface area contributed by atoms with E-state index in [9.17, 15) is 19.1 Å². The molecule has 5 aliphatic rings. The summed E-state index contributed by atoms with van der Waals surface area (Å²) in [4.78, 5) is 9.44. The number of phenolic OH excluding ortho intramolecular Hbond substituents is 1. The van der Waals surface area contributed by atoms with Crippen LogP contribution in [0, 0.1) is 29.5 Å². The Kier molecular flexibility index (Phi) is 6.89. The fourth-order valence-corrected chi connectivity index (χ4v) is 9.13. The zero-order valence-electron chi connectivity index (χ0n) is 25.3. The molecule has 7 nitrogen and oxygen atoms in total. The van der Waals surface area contributed by atoms with Gasteiger partial charge in [0.25, 0.3) is 0 Å². The highest BCUT2D eigenvalue weighted by atomic mass is 19.1. The molecule has 6 heterocycles. The summed E-state index contributed by atoms with van der Waals surface area (Å²) in [6.07, 6.45) is 12.2. The second-order valence-electron chi connectivity index (χ2n) is 13.7. The molecule has 4 saturated heterocycles. The van der Waals surface area contributed by atoms with Gasteiger partial charge >= 0.3 is 0 Å². The van der Waals surface area contributed by atoms with Gasteiger partial charge in [0, 0.05) is 61.2 Å². The Morgan fingerprint density at radius 1 is 1.16 bits per heavy atom. The summed E-state index contributed by atoms with van der Waals surface area (Å²) in [5.74, 6) is 2.68. The van der Waals surface area contributed by atoms with Gasteiger partial charge in [-0.1, -0.05) is 12.0 Å². The first-order chi connectivity index (χ1) is 21.9. The molecule has 0 radical (unpaired) electrons. The van der Waals surface area contributed by atoms with Crippen LogP contribution in [0.15, 0.2) is 24.3 Å². The minimum Gasteiger partial charge on any atom is -0.508 e. The van der Waals surface area contributed by atoms with Crippen molar-refractivity contribution in [3.8, 4) is 30.0 Å². The molecule has 232 valence electrons. The zero-order valence-corrected chi connectivity index (χ0v) is 25.3. The number of aromatic hydroxyl groups is 1. The topological polar surface area (TPSA) is 84.7 Å². The molecule has 0 amide bonds. The van der Waals surface area contributed by atoms with Crippen molar-refractivity contribution in [3.63, 3.8) is 0 Å². The third-order valence-electron chi connectivity index (χ3n) is 11.1. The Labute approximate surface area is 262 Å². The van der Waals surface area contributed by atoms with E-state index in [0.29, 0.717) is 79.1 Å². The summed E-state index contributed by atoms with van der Waals surface area (Å²) in [6, 6.07) is 9.53. The molecule has 4 fully saturated rings. The van der Waals surface area contributed by atoms with Crippen LogP contribution >= 0.6 is 0 Å². The Balaban J connectivity index is 1.22. The Morgan fingerprint density at radius 3 is 2.76 bits per heavy atom. The van der Waals surface area contributed by atoms with E-state index >= 15 is 0 Å². The van der Waals surface area contributed by atoms with Crippen LogP contribution in [0.5, 0.6) is 11.6 Å². The maximum atomic E-state index is 14.9. The molecule has 0 saturated carbocycles. The van der Waals surface area contributed by atoms with Gasteiger partial charge in [-0.2, -0.15) is 5.26 Å². The summed E-state index contributed by atoms with van der Waals surface area (Å²) in [6.45, 7) is 2.56. The van der Waals surface area contributed by atoms with Gasteiger partial charge < -0.3 is 20.1 Å². The highest BCUT2D eigenvalue weighted by Gasteiger charge is 2.49. The lowest BCUT2D eigenvalue weighted by Crippen LogP contribution is -2.43. The number of piperidine rings is 1. The first kappa shape index (κ1) is 28.5. The maximum Gasteiger partial charge on any atom is 0.232 e. The van der Waals surface area contributed by atoms with Crippen LogP contribution in [0.25, 0.3) is 10.8 Å². The van der Waals surface area contributed by atoms with Crippen LogP contribution in [0.1, 0.15) is 78.8 Å². The fraction of sp³-hybridized carbons (Fsp3) is 0.500. The Hall–Kier alpha value is -3.92. The van der Waals surface area contributed by atoms with Crippen LogP contribution in [-0.4, -0.2) is 65.0 Å². The molecule has 3 unspecified atom stereocenters. The Bertz CT molecular complexity index is 1770. The van der Waals surface area contributed by atoms with Gasteiger partial charge in [-0.25, -0.2) is 13.8 Å². The third-order valence-corrected chi connectivity index (χ3v) is 11.1. The molecule has 3 aromatic rings. The smallest absolute Gasteiger partial charge is 0.232 e. The predicted molar refractivity (Wildman–Crippen MR) is 168 cm³/mol. The van der Waals surface area contributed by atoms with Crippen molar-refractivity contribution < 1.29 is 18.6 Å². The largest absolute Gasteiger partial charge is 0.508 e. The summed E-state index contributed by atoms with van der Waals surface area (Å²) in [5.41, 5.74) is 3.80. The van der Waals surface area contributed by atoms with E-state index in [-0.39, 0.29) is 22.8 Å². The number of benzene rings is 2. The van der Waals surface area contributed by atoms with Gasteiger partial charge in [-0.3, -0.25) is 4.90 Å². The zero-order chi connectivity index (χ0) is 30.9. The number of anilines is 1. The lowest BCUT2D eigenvalue weighted by Gasteiger charge is -2.37. The van der Waals surface area contributed by atoms with Crippen molar-refractivity contribution >= 4 is 16.5 Å². The second-order valence-corrected chi connectivity index (χ2v) is 13.7. The van der Waals surface area contributed by atoms with E-state index in [1.54, 1.807) is 18.2 Å². The summed E-state index contributed by atoms with van der Waals surface area (Å²) < 4.78 is 36.0. The molecule has 5 aliphatic heterocycles. The number of rotatable bonds is 5. The van der Waals surface area contributed by atoms with Crippen molar-refractivity contribution in [2.24, 2.45) is 0 Å². The number of aromatic nitrogens is 1. The lowest BCUT2D eigenvalue weighted by atomic mass is 9.83. The number of halogens is 2. The van der Waals surface area contributed by atoms with Crippen LogP contribution < -0.4 is 15.0 Å². The van der Waals surface area contributed by atoms with Crippen molar-refractivity contribution in [1.29, 1.82) is 5.26 Å². The number of fused-ring (bicyclic) bond motifs is 5. The summed E-state index contributed by atoms with van der Waals surface area (Å²) >= 11 is 0. The number of ether oxygens (including phenoxy) is 1. The first-order valence-corrected chi connectivity index (χ1v) is 16.3. The molecule has 0 spiro atoms. The van der Waals surface area contributed by atoms with Crippen molar-refractivity contribution in [2.45, 2.75) is 87.6 Å². The molecule has 2 N–H and O–H groups in total. The third kappa shape index (κ3) is 4.71. The highest BCUT2D eigenvalue weighted by Crippen LogP contribution is 2.45. The molecule has 2 aromatic carbocycles. The maximum absolute atomic E-state index is 14.9. The number of hydrogen-bond acceptors (Lipinski definition) is 7. The van der Waals surface area contributed by atoms with Gasteiger partial charge in [0.2, 0.25) is 5.88 Å². The van der Waals surface area contributed by atoms with Crippen molar-refractivity contribution in [2.75, 3.05) is 31.1 Å². The number of nitriles is 1. The predicted octanol–water partition coefficient (Wildman–Crippen LogP) is 5.45. The van der Waals surface area contributed by atoms with E-state index in [2.05, 4.69) is 27.1 Å². The molecule has 2 bridgehead atoms. The van der Waals surface area contributed by atoms with Gasteiger partial charge in [-0.15, -0.1) is 6.42 Å². The molecule has 8 rings (SSSR count). The molecular formula is C36H37F2N5O2. The van der Waals surface area contributed by atoms with E-state index in [1.165, 1.54) is 6.07 Å². The van der Waals surface area contributed by atoms with Crippen LogP contribution in [0.4, 0.5) is 14.5 Å². The number of nitrogens with zero attached hydrogens (tertiary/aromatic N) is 4. The number of phenols is 1. The number of pyridine rings is 1. The normalized spacial score (nSPS) is 28.9. The van der Waals surface area contributed by atoms with Crippen LogP contribution in [-0.2, 0) is 13.0 Å². The number of alkyl halides is 1. The van der Waals surface area contributed by atoms with Gasteiger partial charge in [0.15, 0.2) is 0 Å². The molecular weight excluding hydrogens is 572 g/mol. The number of nitrogens with one attached hydrogen (secondary N) is 1. The highest BCUT2D eigenvalue weighted by molar-refractivity contribution is 6.00. The Morgan fingerprint density at radius 2 is 1.98 bits per heavy atom. The molecule has 45 heavy (non-hydrogen) atoms. The van der Waals surface area contributed by atoms with Gasteiger partial charge in [0.05, 0.1) is 16.8 Å². The SMILES string of the molecule is C#Cc1c(F)ccc2cc(O)cc(N3CCc4c(C5CC6CCC(C5)N6)nc(OCC56CCCN5C[C@@H](F)C6)c(C#N)c4C3)c12. The number of hydrogen-bond donors (Lipinski definition) is 2. The molecule has 1 aromatic heterocycles. The monoisotopic (exact) mass is 609 g/mol. The van der Waals surface area contributed by atoms with Crippen LogP contribution in [0.2, 0.25) is 0 Å². The number of terminal acetylenes is 1. The lowest BCUT2D eigenvalue weighted by molar-refractivity contribution is 0.110. The van der Waals surface area contributed by atoms with E-state index < -0.39 is 12.0 Å². The molecule has 9 heteroatoms. The second kappa shape index (κ2) is 10.9. The van der Waals surface area contributed by atoms with E-state index in [4.69, 9.17) is 16.1 Å². The van der Waals surface area contributed by atoms with Crippen LogP contribution in [0.3, 0.4) is 0 Å². The fourth-order valence-electron chi connectivity index (χ4n) is 9.13. The van der Waals surface area contributed by atoms with Crippen molar-refractivity contribution in [3.05, 3.63) is 58.0 Å². The van der Waals surface area contributed by atoms with Gasteiger partial charge in [-0.05, 0) is 80.1 Å². The van der Waals surface area contributed by atoms with Gasteiger partial charge in [0.1, 0.15) is 36.0 Å². The van der Waals surface area contributed by atoms with E-state index in [1.807, 2.05) is 0 Å². The first-order valence-electron chi connectivity index (χ1n) is 16.3. The van der Waals surface area contributed by atoms with E-state index in [0.717, 1.165) is 61.9 Å². The summed E-state index contributed by atoms with van der Waals surface area (Å²) in [7, 11) is 0. The molecule has 0 aliphatic carbocycles. The molecule has 4 atom stereocenters. The average molecular weight is 610 g/mol. The van der Waals surface area contributed by atoms with Crippen molar-refractivity contribution in [1.82, 2.24) is 15.2 Å². The average Bonchev–Trinajstić information content (AvgIpc) is 3.68. The minimum atomic E-state index is -0.870.